The Morgan fingerprint density at radius 1 is 0.824 bits per heavy atom. The van der Waals surface area contributed by atoms with Gasteiger partial charge in [-0.25, -0.2) is 0 Å². The highest BCUT2D eigenvalue weighted by Gasteiger charge is 2.06. The molecule has 0 saturated carbocycles. The molecule has 0 aliphatic heterocycles. The minimum absolute atomic E-state index is 0.431. The quantitative estimate of drug-likeness (QED) is 0.616. The normalized spacial score (nSPS) is 13.1. The number of hydrogen-bond donors (Lipinski definition) is 1. The van der Waals surface area contributed by atoms with Crippen molar-refractivity contribution in [3.63, 3.8) is 0 Å². The fourth-order valence-electron chi connectivity index (χ4n) is 2.36. The van der Waals surface area contributed by atoms with Crippen LogP contribution in [-0.2, 0) is 0 Å². The highest BCUT2D eigenvalue weighted by atomic mass is 16.3. The van der Waals surface area contributed by atoms with Crippen LogP contribution in [0.15, 0.2) is 54.6 Å². The van der Waals surface area contributed by atoms with E-state index in [0.717, 1.165) is 10.9 Å². The van der Waals surface area contributed by atoms with Crippen molar-refractivity contribution in [3.8, 4) is 0 Å². The number of fused-ring (bicyclic) bond motifs is 2. The van der Waals surface area contributed by atoms with E-state index in [1.54, 1.807) is 0 Å². The van der Waals surface area contributed by atoms with Crippen LogP contribution in [0.1, 0.15) is 18.6 Å². The summed E-state index contributed by atoms with van der Waals surface area (Å²) in [5, 5.41) is 14.6. The second-order valence-electron chi connectivity index (χ2n) is 4.44. The Labute approximate surface area is 100 Å². The van der Waals surface area contributed by atoms with E-state index >= 15 is 0 Å². The molecule has 1 heteroatoms. The zero-order chi connectivity index (χ0) is 11.8. The fourth-order valence-corrected chi connectivity index (χ4v) is 2.36. The van der Waals surface area contributed by atoms with E-state index in [4.69, 9.17) is 0 Å². The largest absolute Gasteiger partial charge is 0.389 e. The molecule has 0 aliphatic rings. The van der Waals surface area contributed by atoms with E-state index in [0.29, 0.717) is 0 Å². The Kier molecular flexibility index (Phi) is 2.34. The summed E-state index contributed by atoms with van der Waals surface area (Å²) in [6.45, 7) is 1.81. The van der Waals surface area contributed by atoms with Gasteiger partial charge in [0.15, 0.2) is 0 Å². The van der Waals surface area contributed by atoms with E-state index in [9.17, 15) is 5.11 Å². The fraction of sp³-hybridized carbons (Fsp3) is 0.125. The lowest BCUT2D eigenvalue weighted by atomic mass is 9.97. The number of benzene rings is 3. The standard InChI is InChI=1S/C16H14O/c1-11(17)15-8-4-7-14-9-12-5-2-3-6-13(12)10-16(14)15/h2-11,17H,1H3. The van der Waals surface area contributed by atoms with Crippen LogP contribution in [0.2, 0.25) is 0 Å². The van der Waals surface area contributed by atoms with Crippen molar-refractivity contribution < 1.29 is 5.11 Å². The number of hydrogen-bond acceptors (Lipinski definition) is 1. The zero-order valence-electron chi connectivity index (χ0n) is 9.72. The van der Waals surface area contributed by atoms with Crippen LogP contribution in [0.5, 0.6) is 0 Å². The molecule has 0 amide bonds. The van der Waals surface area contributed by atoms with Crippen molar-refractivity contribution in [2.24, 2.45) is 0 Å². The van der Waals surface area contributed by atoms with Gasteiger partial charge in [-0.3, -0.25) is 0 Å². The lowest BCUT2D eigenvalue weighted by molar-refractivity contribution is 0.201. The van der Waals surface area contributed by atoms with Crippen molar-refractivity contribution in [3.05, 3.63) is 60.2 Å². The van der Waals surface area contributed by atoms with E-state index < -0.39 is 6.10 Å². The minimum Gasteiger partial charge on any atom is -0.389 e. The van der Waals surface area contributed by atoms with Crippen LogP contribution in [-0.4, -0.2) is 5.11 Å². The highest BCUT2D eigenvalue weighted by Crippen LogP contribution is 2.28. The van der Waals surface area contributed by atoms with Crippen molar-refractivity contribution in [1.82, 2.24) is 0 Å². The third kappa shape index (κ3) is 1.69. The van der Waals surface area contributed by atoms with Crippen molar-refractivity contribution in [2.75, 3.05) is 0 Å². The molecule has 1 atom stereocenters. The molecule has 3 rings (SSSR count). The average Bonchev–Trinajstić information content (AvgIpc) is 2.35. The van der Waals surface area contributed by atoms with Gasteiger partial charge in [0.2, 0.25) is 0 Å². The first-order chi connectivity index (χ1) is 8.25. The Hall–Kier alpha value is -1.86. The van der Waals surface area contributed by atoms with Gasteiger partial charge in [0.1, 0.15) is 0 Å². The third-order valence-electron chi connectivity index (χ3n) is 3.23. The molecule has 3 aromatic carbocycles. The van der Waals surface area contributed by atoms with Gasteiger partial charge in [-0.2, -0.15) is 0 Å². The molecule has 1 N–H and O–H groups in total. The van der Waals surface area contributed by atoms with Gasteiger partial charge < -0.3 is 5.11 Å². The first kappa shape index (κ1) is 10.3. The predicted molar refractivity (Wildman–Crippen MR) is 72.1 cm³/mol. The lowest BCUT2D eigenvalue weighted by Gasteiger charge is -2.10. The summed E-state index contributed by atoms with van der Waals surface area (Å²) < 4.78 is 0. The molecule has 1 unspecified atom stereocenters. The van der Waals surface area contributed by atoms with Gasteiger partial charge >= 0.3 is 0 Å². The molecule has 17 heavy (non-hydrogen) atoms. The summed E-state index contributed by atoms with van der Waals surface area (Å²) in [6.07, 6.45) is -0.431. The molecule has 0 aromatic heterocycles. The van der Waals surface area contributed by atoms with Gasteiger partial charge in [-0.15, -0.1) is 0 Å². The van der Waals surface area contributed by atoms with Crippen molar-refractivity contribution >= 4 is 21.5 Å². The first-order valence-electron chi connectivity index (χ1n) is 5.85. The van der Waals surface area contributed by atoms with Crippen LogP contribution < -0.4 is 0 Å². The van der Waals surface area contributed by atoms with Crippen molar-refractivity contribution in [1.29, 1.82) is 0 Å². The maximum Gasteiger partial charge on any atom is 0.0767 e. The molecule has 0 heterocycles. The van der Waals surface area contributed by atoms with Crippen LogP contribution in [0.4, 0.5) is 0 Å². The Bertz CT molecular complexity index is 683. The topological polar surface area (TPSA) is 20.2 Å². The summed E-state index contributed by atoms with van der Waals surface area (Å²) in [7, 11) is 0. The second-order valence-corrected chi connectivity index (χ2v) is 4.44. The van der Waals surface area contributed by atoms with Gasteiger partial charge in [-0.05, 0) is 46.2 Å². The maximum absolute atomic E-state index is 9.79. The summed E-state index contributed by atoms with van der Waals surface area (Å²) in [5.74, 6) is 0. The summed E-state index contributed by atoms with van der Waals surface area (Å²) in [6, 6.07) is 18.7. The smallest absolute Gasteiger partial charge is 0.0767 e. The molecule has 3 aromatic rings. The van der Waals surface area contributed by atoms with Crippen LogP contribution in [0, 0.1) is 0 Å². The average molecular weight is 222 g/mol. The summed E-state index contributed by atoms with van der Waals surface area (Å²) in [4.78, 5) is 0. The number of rotatable bonds is 1. The van der Waals surface area contributed by atoms with Gasteiger partial charge in [0.25, 0.3) is 0 Å². The van der Waals surface area contributed by atoms with E-state index in [2.05, 4.69) is 30.3 Å². The Morgan fingerprint density at radius 2 is 1.47 bits per heavy atom. The van der Waals surface area contributed by atoms with Crippen molar-refractivity contribution in [2.45, 2.75) is 13.0 Å². The van der Waals surface area contributed by atoms with Crippen LogP contribution in [0.3, 0.4) is 0 Å². The molecule has 84 valence electrons. The second kappa shape index (κ2) is 3.86. The minimum atomic E-state index is -0.431. The maximum atomic E-state index is 9.79. The SMILES string of the molecule is CC(O)c1cccc2cc3ccccc3cc12. The first-order valence-corrected chi connectivity index (χ1v) is 5.85. The lowest BCUT2D eigenvalue weighted by Crippen LogP contribution is -1.92. The molecule has 0 fully saturated rings. The molecule has 0 bridgehead atoms. The zero-order valence-corrected chi connectivity index (χ0v) is 9.72. The summed E-state index contributed by atoms with van der Waals surface area (Å²) in [5.41, 5.74) is 0.994. The number of aliphatic hydroxyl groups is 1. The third-order valence-corrected chi connectivity index (χ3v) is 3.23. The van der Waals surface area contributed by atoms with Gasteiger partial charge in [0, 0.05) is 0 Å². The van der Waals surface area contributed by atoms with E-state index in [1.165, 1.54) is 16.2 Å². The predicted octanol–water partition coefficient (Wildman–Crippen LogP) is 4.05. The van der Waals surface area contributed by atoms with Gasteiger partial charge in [0.05, 0.1) is 6.10 Å². The van der Waals surface area contributed by atoms with E-state index in [1.807, 2.05) is 31.2 Å². The number of aliphatic hydroxyl groups excluding tert-OH is 1. The molecular formula is C16H14O. The molecule has 0 spiro atoms. The van der Waals surface area contributed by atoms with Crippen LogP contribution in [0.25, 0.3) is 21.5 Å². The van der Waals surface area contributed by atoms with Gasteiger partial charge in [-0.1, -0.05) is 42.5 Å². The molecule has 0 aliphatic carbocycles. The van der Waals surface area contributed by atoms with Crippen LogP contribution >= 0.6 is 0 Å². The summed E-state index contributed by atoms with van der Waals surface area (Å²) >= 11 is 0. The Balaban J connectivity index is 2.43. The molecule has 0 radical (unpaired) electrons. The molecule has 0 saturated heterocycles. The highest BCUT2D eigenvalue weighted by molar-refractivity contribution is 5.99. The monoisotopic (exact) mass is 222 g/mol. The molecular weight excluding hydrogens is 208 g/mol. The Morgan fingerprint density at radius 3 is 2.18 bits per heavy atom. The molecule has 1 nitrogen and oxygen atoms in total. The van der Waals surface area contributed by atoms with E-state index in [-0.39, 0.29) is 0 Å².